The van der Waals surface area contributed by atoms with Crippen LogP contribution in [0.2, 0.25) is 0 Å². The van der Waals surface area contributed by atoms with E-state index in [4.69, 9.17) is 16.3 Å². The van der Waals surface area contributed by atoms with E-state index in [0.717, 1.165) is 38.6 Å². The maximum Gasteiger partial charge on any atom is 0.163 e. The first-order chi connectivity index (χ1) is 15.5. The Bertz CT molecular complexity index is 1420. The van der Waals surface area contributed by atoms with Gasteiger partial charge in [-0.3, -0.25) is 0 Å². The Hall–Kier alpha value is -4.75. The maximum absolute atomic E-state index is 8.90. The summed E-state index contributed by atoms with van der Waals surface area (Å²) in [6.07, 6.45) is 3.28. The Balaban J connectivity index is 1.83. The summed E-state index contributed by atoms with van der Waals surface area (Å²) in [5, 5.41) is 30.5. The van der Waals surface area contributed by atoms with Gasteiger partial charge in [0.25, 0.3) is 0 Å². The number of anilines is 3. The smallest absolute Gasteiger partial charge is 0.163 e. The predicted molar refractivity (Wildman–Crippen MR) is 126 cm³/mol. The molecule has 4 aromatic rings. The molecule has 7 heteroatoms. The third kappa shape index (κ3) is 3.96. The van der Waals surface area contributed by atoms with Crippen LogP contribution in [0, 0.1) is 36.5 Å². The fourth-order valence-electron chi connectivity index (χ4n) is 3.83. The monoisotopic (exact) mass is 417 g/mol. The molecular weight excluding hydrogens is 398 g/mol. The zero-order valence-corrected chi connectivity index (χ0v) is 17.6. The standard InChI is InChI=1S/C25H19N7/c1-15-11-17(5-4-10-26)12-16(2)24(15)19-6-3-7-20-21(19)13-23(30-25(20)28)29-22-9-8-18(14-27)31-32-22/h3-9,11-13H,1-2H3,(H3,28,29,30,32). The lowest BCUT2D eigenvalue weighted by Gasteiger charge is -2.16. The lowest BCUT2D eigenvalue weighted by atomic mass is 9.90. The van der Waals surface area contributed by atoms with Crippen molar-refractivity contribution in [2.75, 3.05) is 11.1 Å². The van der Waals surface area contributed by atoms with E-state index in [2.05, 4.69) is 52.5 Å². The molecule has 0 aliphatic carbocycles. The quantitative estimate of drug-likeness (QED) is 0.445. The highest BCUT2D eigenvalue weighted by molar-refractivity contribution is 6.03. The van der Waals surface area contributed by atoms with E-state index in [0.29, 0.717) is 17.5 Å². The third-order valence-corrected chi connectivity index (χ3v) is 5.11. The fraction of sp³-hybridized carbons (Fsp3) is 0.0800. The SMILES string of the molecule is Cc1cc(C=CC#N)cc(C)c1-c1cccc2c(N)nc(Nc3ccc(C#N)nn3)cc12. The van der Waals surface area contributed by atoms with Gasteiger partial charge in [0.05, 0.1) is 6.07 Å². The fourth-order valence-corrected chi connectivity index (χ4v) is 3.83. The van der Waals surface area contributed by atoms with Crippen molar-refractivity contribution in [3.8, 4) is 23.3 Å². The molecule has 4 rings (SSSR count). The predicted octanol–water partition coefficient (Wildman–Crippen LogP) is 5.04. The highest BCUT2D eigenvalue weighted by atomic mass is 15.2. The summed E-state index contributed by atoms with van der Waals surface area (Å²) in [7, 11) is 0. The topological polar surface area (TPSA) is 124 Å². The van der Waals surface area contributed by atoms with Crippen LogP contribution in [0.4, 0.5) is 17.5 Å². The van der Waals surface area contributed by atoms with Crippen molar-refractivity contribution < 1.29 is 0 Å². The molecular formula is C25H19N7. The summed E-state index contributed by atoms with van der Waals surface area (Å²) >= 11 is 0. The van der Waals surface area contributed by atoms with E-state index in [1.165, 1.54) is 6.08 Å². The van der Waals surface area contributed by atoms with Gasteiger partial charge in [0.1, 0.15) is 17.7 Å². The molecule has 0 aliphatic rings. The van der Waals surface area contributed by atoms with Crippen LogP contribution in [-0.4, -0.2) is 15.2 Å². The Morgan fingerprint density at radius 2 is 1.72 bits per heavy atom. The van der Waals surface area contributed by atoms with Gasteiger partial charge in [-0.15, -0.1) is 10.2 Å². The average Bonchev–Trinajstić information content (AvgIpc) is 2.78. The van der Waals surface area contributed by atoms with Gasteiger partial charge in [0, 0.05) is 11.5 Å². The molecule has 0 atom stereocenters. The van der Waals surface area contributed by atoms with Crippen LogP contribution in [0.1, 0.15) is 22.4 Å². The molecule has 0 saturated heterocycles. The summed E-state index contributed by atoms with van der Waals surface area (Å²) in [5.41, 5.74) is 11.8. The highest BCUT2D eigenvalue weighted by Crippen LogP contribution is 2.37. The normalized spacial score (nSPS) is 10.8. The van der Waals surface area contributed by atoms with Gasteiger partial charge in [-0.25, -0.2) is 4.98 Å². The van der Waals surface area contributed by atoms with E-state index >= 15 is 0 Å². The van der Waals surface area contributed by atoms with Crippen molar-refractivity contribution in [1.29, 1.82) is 10.5 Å². The number of benzene rings is 2. The molecule has 2 aromatic heterocycles. The van der Waals surface area contributed by atoms with Gasteiger partial charge in [-0.05, 0) is 71.3 Å². The van der Waals surface area contributed by atoms with E-state index in [1.807, 2.05) is 30.3 Å². The van der Waals surface area contributed by atoms with Crippen LogP contribution < -0.4 is 11.1 Å². The summed E-state index contributed by atoms with van der Waals surface area (Å²) in [6.45, 7) is 4.11. The number of nitrogens with one attached hydrogen (secondary N) is 1. The Labute approximate surface area is 185 Å². The van der Waals surface area contributed by atoms with Crippen molar-refractivity contribution in [2.45, 2.75) is 13.8 Å². The molecule has 0 bridgehead atoms. The van der Waals surface area contributed by atoms with Crippen LogP contribution in [0.25, 0.3) is 28.0 Å². The first kappa shape index (κ1) is 20.5. The number of pyridine rings is 1. The summed E-state index contributed by atoms with van der Waals surface area (Å²) in [5.74, 6) is 1.40. The first-order valence-corrected chi connectivity index (χ1v) is 9.88. The molecule has 2 aromatic carbocycles. The largest absolute Gasteiger partial charge is 0.383 e. The molecule has 32 heavy (non-hydrogen) atoms. The van der Waals surface area contributed by atoms with Gasteiger partial charge in [0.15, 0.2) is 11.5 Å². The summed E-state index contributed by atoms with van der Waals surface area (Å²) in [6, 6.07) is 19.3. The molecule has 3 N–H and O–H groups in total. The van der Waals surface area contributed by atoms with Crippen molar-refractivity contribution in [3.63, 3.8) is 0 Å². The second-order valence-electron chi connectivity index (χ2n) is 7.33. The summed E-state index contributed by atoms with van der Waals surface area (Å²) < 4.78 is 0. The van der Waals surface area contributed by atoms with E-state index < -0.39 is 0 Å². The number of nitrogens with two attached hydrogens (primary N) is 1. The van der Waals surface area contributed by atoms with Crippen LogP contribution in [0.5, 0.6) is 0 Å². The zero-order valence-electron chi connectivity index (χ0n) is 17.6. The van der Waals surface area contributed by atoms with Crippen LogP contribution in [0.15, 0.2) is 54.6 Å². The molecule has 0 amide bonds. The van der Waals surface area contributed by atoms with Gasteiger partial charge < -0.3 is 11.1 Å². The Morgan fingerprint density at radius 3 is 2.38 bits per heavy atom. The number of fused-ring (bicyclic) bond motifs is 1. The number of nitriles is 2. The van der Waals surface area contributed by atoms with Crippen LogP contribution >= 0.6 is 0 Å². The number of hydrogen-bond donors (Lipinski definition) is 2. The minimum atomic E-state index is 0.239. The second-order valence-corrected chi connectivity index (χ2v) is 7.33. The Morgan fingerprint density at radius 1 is 0.938 bits per heavy atom. The maximum atomic E-state index is 8.90. The molecule has 0 saturated carbocycles. The van der Waals surface area contributed by atoms with Crippen LogP contribution in [-0.2, 0) is 0 Å². The molecule has 154 valence electrons. The number of aryl methyl sites for hydroxylation is 2. The van der Waals surface area contributed by atoms with E-state index in [9.17, 15) is 0 Å². The van der Waals surface area contributed by atoms with Crippen LogP contribution in [0.3, 0.4) is 0 Å². The summed E-state index contributed by atoms with van der Waals surface area (Å²) in [4.78, 5) is 4.46. The lowest BCUT2D eigenvalue weighted by molar-refractivity contribution is 1.01. The van der Waals surface area contributed by atoms with Crippen molar-refractivity contribution in [2.24, 2.45) is 0 Å². The molecule has 0 fully saturated rings. The van der Waals surface area contributed by atoms with Crippen molar-refractivity contribution >= 4 is 34.3 Å². The first-order valence-electron chi connectivity index (χ1n) is 9.88. The average molecular weight is 417 g/mol. The van der Waals surface area contributed by atoms with Gasteiger partial charge in [-0.2, -0.15) is 10.5 Å². The molecule has 0 spiro atoms. The highest BCUT2D eigenvalue weighted by Gasteiger charge is 2.14. The molecule has 0 aliphatic heterocycles. The lowest BCUT2D eigenvalue weighted by Crippen LogP contribution is -2.02. The van der Waals surface area contributed by atoms with Gasteiger partial charge in [-0.1, -0.05) is 30.3 Å². The van der Waals surface area contributed by atoms with E-state index in [-0.39, 0.29) is 5.69 Å². The van der Waals surface area contributed by atoms with Gasteiger partial charge in [0.2, 0.25) is 0 Å². The number of rotatable bonds is 4. The number of aromatic nitrogens is 3. The van der Waals surface area contributed by atoms with Gasteiger partial charge >= 0.3 is 0 Å². The molecule has 7 nitrogen and oxygen atoms in total. The third-order valence-electron chi connectivity index (χ3n) is 5.11. The molecule has 0 unspecified atom stereocenters. The number of nitrogens with zero attached hydrogens (tertiary/aromatic N) is 5. The Kier molecular flexibility index (Phi) is 5.48. The minimum Gasteiger partial charge on any atom is -0.383 e. The number of nitrogen functional groups attached to an aromatic ring is 1. The van der Waals surface area contributed by atoms with E-state index in [1.54, 1.807) is 18.2 Å². The number of hydrogen-bond acceptors (Lipinski definition) is 7. The molecule has 0 radical (unpaired) electrons. The van der Waals surface area contributed by atoms with Crippen molar-refractivity contribution in [1.82, 2.24) is 15.2 Å². The second kappa shape index (κ2) is 8.55. The minimum absolute atomic E-state index is 0.239. The van der Waals surface area contributed by atoms with Crippen molar-refractivity contribution in [3.05, 3.63) is 77.0 Å². The number of allylic oxidation sites excluding steroid dienone is 1. The zero-order chi connectivity index (χ0) is 22.7. The molecule has 2 heterocycles.